The van der Waals surface area contributed by atoms with Crippen molar-refractivity contribution in [2.45, 2.75) is 26.4 Å². The third kappa shape index (κ3) is 4.19. The van der Waals surface area contributed by atoms with Crippen LogP contribution in [0, 0.1) is 0 Å². The first kappa shape index (κ1) is 15.8. The first-order valence-electron chi connectivity index (χ1n) is 7.26. The zero-order chi connectivity index (χ0) is 15.9. The van der Waals surface area contributed by atoms with E-state index in [0.29, 0.717) is 11.3 Å². The molecule has 0 unspecified atom stereocenters. The third-order valence-corrected chi connectivity index (χ3v) is 3.29. The summed E-state index contributed by atoms with van der Waals surface area (Å²) in [6.07, 6.45) is 0.0813. The van der Waals surface area contributed by atoms with Gasteiger partial charge < -0.3 is 10.1 Å². The fourth-order valence-corrected chi connectivity index (χ4v) is 1.92. The molecule has 0 bridgehead atoms. The molecule has 2 aromatic rings. The van der Waals surface area contributed by atoms with Crippen LogP contribution >= 0.6 is 0 Å². The minimum absolute atomic E-state index is 0.353. The molecule has 0 aliphatic carbocycles. The summed E-state index contributed by atoms with van der Waals surface area (Å²) in [5.74, 6) is -0.863. The highest BCUT2D eigenvalue weighted by atomic mass is 16.5. The largest absolute Gasteiger partial charge is 0.449 e. The quantitative estimate of drug-likeness (QED) is 0.860. The lowest BCUT2D eigenvalue weighted by molar-refractivity contribution is -0.123. The van der Waals surface area contributed by atoms with Crippen molar-refractivity contribution in [3.63, 3.8) is 0 Å². The number of aryl methyl sites for hydroxylation is 1. The van der Waals surface area contributed by atoms with Crippen molar-refractivity contribution in [2.75, 3.05) is 5.32 Å². The zero-order valence-corrected chi connectivity index (χ0v) is 12.7. The maximum absolute atomic E-state index is 12.0. The number of amides is 1. The summed E-state index contributed by atoms with van der Waals surface area (Å²) in [4.78, 5) is 23.9. The van der Waals surface area contributed by atoms with Gasteiger partial charge in [-0.25, -0.2) is 4.79 Å². The Labute approximate surface area is 130 Å². The minimum Gasteiger partial charge on any atom is -0.449 e. The number of esters is 1. The molecule has 0 saturated carbocycles. The molecule has 1 N–H and O–H groups in total. The fourth-order valence-electron chi connectivity index (χ4n) is 1.92. The van der Waals surface area contributed by atoms with E-state index in [1.807, 2.05) is 30.3 Å². The number of benzene rings is 2. The molecular weight excluding hydrogens is 278 g/mol. The molecule has 0 radical (unpaired) electrons. The molecule has 0 saturated heterocycles. The van der Waals surface area contributed by atoms with Crippen molar-refractivity contribution in [3.05, 3.63) is 65.7 Å². The molecule has 114 valence electrons. The number of anilines is 1. The first-order valence-corrected chi connectivity index (χ1v) is 7.26. The van der Waals surface area contributed by atoms with Gasteiger partial charge in [0.1, 0.15) is 0 Å². The third-order valence-electron chi connectivity index (χ3n) is 3.29. The average Bonchev–Trinajstić information content (AvgIpc) is 2.56. The van der Waals surface area contributed by atoms with Crippen LogP contribution in [0.15, 0.2) is 54.6 Å². The lowest BCUT2D eigenvalue weighted by Gasteiger charge is -2.13. The summed E-state index contributed by atoms with van der Waals surface area (Å²) in [5.41, 5.74) is 2.31. The van der Waals surface area contributed by atoms with Gasteiger partial charge in [0.2, 0.25) is 0 Å². The van der Waals surface area contributed by atoms with Crippen LogP contribution < -0.4 is 5.32 Å². The van der Waals surface area contributed by atoms with Crippen LogP contribution in [0.3, 0.4) is 0 Å². The monoisotopic (exact) mass is 297 g/mol. The van der Waals surface area contributed by atoms with Gasteiger partial charge in [-0.2, -0.15) is 0 Å². The van der Waals surface area contributed by atoms with Crippen molar-refractivity contribution < 1.29 is 14.3 Å². The number of hydrogen-bond acceptors (Lipinski definition) is 3. The van der Waals surface area contributed by atoms with Gasteiger partial charge in [0.25, 0.3) is 5.91 Å². The van der Waals surface area contributed by atoms with E-state index in [1.165, 1.54) is 5.56 Å². The summed E-state index contributed by atoms with van der Waals surface area (Å²) in [6, 6.07) is 16.2. The standard InChI is InChI=1S/C18H19NO3/c1-3-14-9-11-16(12-10-14)19-17(20)13(2)22-18(21)15-7-5-4-6-8-15/h4-13H,3H2,1-2H3,(H,19,20)/t13-/m0/s1. The molecule has 1 amide bonds. The van der Waals surface area contributed by atoms with Crippen LogP contribution in [0.25, 0.3) is 0 Å². The Morgan fingerprint density at radius 3 is 2.27 bits per heavy atom. The highest BCUT2D eigenvalue weighted by molar-refractivity contribution is 5.97. The summed E-state index contributed by atoms with van der Waals surface area (Å²) in [7, 11) is 0. The smallest absolute Gasteiger partial charge is 0.338 e. The molecule has 1 atom stereocenters. The molecule has 0 heterocycles. The van der Waals surface area contributed by atoms with E-state index >= 15 is 0 Å². The second-order valence-electron chi connectivity index (χ2n) is 4.95. The van der Waals surface area contributed by atoms with E-state index in [4.69, 9.17) is 4.74 Å². The lowest BCUT2D eigenvalue weighted by Crippen LogP contribution is -2.29. The van der Waals surface area contributed by atoms with Crippen LogP contribution in [0.2, 0.25) is 0 Å². The highest BCUT2D eigenvalue weighted by Gasteiger charge is 2.18. The van der Waals surface area contributed by atoms with Crippen molar-refractivity contribution in [3.8, 4) is 0 Å². The molecular formula is C18H19NO3. The Balaban J connectivity index is 1.92. The van der Waals surface area contributed by atoms with Gasteiger partial charge in [-0.1, -0.05) is 37.3 Å². The summed E-state index contributed by atoms with van der Waals surface area (Å²) in [6.45, 7) is 3.62. The molecule has 0 aromatic heterocycles. The fraction of sp³-hybridized carbons (Fsp3) is 0.222. The van der Waals surface area contributed by atoms with Gasteiger partial charge in [-0.3, -0.25) is 4.79 Å². The van der Waals surface area contributed by atoms with Gasteiger partial charge in [0, 0.05) is 5.69 Å². The van der Waals surface area contributed by atoms with Crippen molar-refractivity contribution in [1.29, 1.82) is 0 Å². The first-order chi connectivity index (χ1) is 10.6. The second-order valence-corrected chi connectivity index (χ2v) is 4.95. The maximum atomic E-state index is 12.0. The summed E-state index contributed by atoms with van der Waals surface area (Å²) < 4.78 is 5.16. The van der Waals surface area contributed by atoms with Crippen LogP contribution in [0.4, 0.5) is 5.69 Å². The van der Waals surface area contributed by atoms with E-state index < -0.39 is 12.1 Å². The number of rotatable bonds is 5. The van der Waals surface area contributed by atoms with E-state index in [1.54, 1.807) is 31.2 Å². The SMILES string of the molecule is CCc1ccc(NC(=O)[C@H](C)OC(=O)c2ccccc2)cc1. The van der Waals surface area contributed by atoms with E-state index in [2.05, 4.69) is 12.2 Å². The molecule has 0 spiro atoms. The Bertz CT molecular complexity index is 635. The number of ether oxygens (including phenoxy) is 1. The van der Waals surface area contributed by atoms with Gasteiger partial charge in [-0.15, -0.1) is 0 Å². The second kappa shape index (κ2) is 7.41. The van der Waals surface area contributed by atoms with Gasteiger partial charge >= 0.3 is 5.97 Å². The predicted molar refractivity (Wildman–Crippen MR) is 85.8 cm³/mol. The number of carbonyl (C=O) groups excluding carboxylic acids is 2. The van der Waals surface area contributed by atoms with Crippen LogP contribution in [-0.4, -0.2) is 18.0 Å². The normalized spacial score (nSPS) is 11.5. The highest BCUT2D eigenvalue weighted by Crippen LogP contribution is 2.11. The van der Waals surface area contributed by atoms with E-state index in [-0.39, 0.29) is 5.91 Å². The Hall–Kier alpha value is -2.62. The molecule has 2 rings (SSSR count). The molecule has 2 aromatic carbocycles. The van der Waals surface area contributed by atoms with Crippen molar-refractivity contribution in [1.82, 2.24) is 0 Å². The van der Waals surface area contributed by atoms with Crippen LogP contribution in [0.5, 0.6) is 0 Å². The average molecular weight is 297 g/mol. The lowest BCUT2D eigenvalue weighted by atomic mass is 10.1. The Morgan fingerprint density at radius 1 is 1.05 bits per heavy atom. The Morgan fingerprint density at radius 2 is 1.68 bits per heavy atom. The predicted octanol–water partition coefficient (Wildman–Crippen LogP) is 3.43. The van der Waals surface area contributed by atoms with Gasteiger partial charge in [-0.05, 0) is 43.2 Å². The molecule has 4 heteroatoms. The summed E-state index contributed by atoms with van der Waals surface area (Å²) in [5, 5.41) is 2.73. The number of nitrogens with one attached hydrogen (secondary N) is 1. The molecule has 22 heavy (non-hydrogen) atoms. The van der Waals surface area contributed by atoms with Crippen LogP contribution in [-0.2, 0) is 16.0 Å². The molecule has 0 aliphatic heterocycles. The number of hydrogen-bond donors (Lipinski definition) is 1. The molecule has 0 fully saturated rings. The van der Waals surface area contributed by atoms with Crippen LogP contribution in [0.1, 0.15) is 29.8 Å². The zero-order valence-electron chi connectivity index (χ0n) is 12.7. The van der Waals surface area contributed by atoms with Gasteiger partial charge in [0.05, 0.1) is 5.56 Å². The number of carbonyl (C=O) groups is 2. The van der Waals surface area contributed by atoms with E-state index in [9.17, 15) is 9.59 Å². The maximum Gasteiger partial charge on any atom is 0.338 e. The minimum atomic E-state index is -0.862. The topological polar surface area (TPSA) is 55.4 Å². The van der Waals surface area contributed by atoms with Crippen molar-refractivity contribution in [2.24, 2.45) is 0 Å². The molecule has 0 aliphatic rings. The molecule has 4 nitrogen and oxygen atoms in total. The Kier molecular flexibility index (Phi) is 5.31. The van der Waals surface area contributed by atoms with Crippen molar-refractivity contribution >= 4 is 17.6 Å². The summed E-state index contributed by atoms with van der Waals surface area (Å²) >= 11 is 0. The van der Waals surface area contributed by atoms with E-state index in [0.717, 1.165) is 6.42 Å². The van der Waals surface area contributed by atoms with Gasteiger partial charge in [0.15, 0.2) is 6.10 Å².